The summed E-state index contributed by atoms with van der Waals surface area (Å²) in [4.78, 5) is 33.0. The zero-order valence-electron chi connectivity index (χ0n) is 15.6. The Hall–Kier alpha value is -1.92. The highest BCUT2D eigenvalue weighted by molar-refractivity contribution is 7.16. The summed E-state index contributed by atoms with van der Waals surface area (Å²) in [5.41, 5.74) is 1.37. The third-order valence-electron chi connectivity index (χ3n) is 4.64. The summed E-state index contributed by atoms with van der Waals surface area (Å²) in [5, 5.41) is 3.99. The summed E-state index contributed by atoms with van der Waals surface area (Å²) in [5.74, 6) is -0.241. The number of fused-ring (bicyclic) bond motifs is 1. The van der Waals surface area contributed by atoms with E-state index in [1.54, 1.807) is 24.3 Å². The monoisotopic (exact) mass is 405 g/mol. The standard InChI is InChI=1S/C20H24ClN3O2S/c1-3-11-24(12-4-2)19(26)15-9-10-16-17(15)22-20(27-16)23-18(25)13-5-7-14(21)8-6-13/h5-8,15H,3-4,9-12H2,1-2H3,(H,22,23,25). The first-order chi connectivity index (χ1) is 13.0. The largest absolute Gasteiger partial charge is 0.342 e. The molecule has 27 heavy (non-hydrogen) atoms. The number of halogens is 1. The molecule has 1 atom stereocenters. The Morgan fingerprint density at radius 1 is 1.22 bits per heavy atom. The molecule has 1 aromatic heterocycles. The highest BCUT2D eigenvalue weighted by Gasteiger charge is 2.35. The van der Waals surface area contributed by atoms with Gasteiger partial charge in [-0.1, -0.05) is 25.4 Å². The second-order valence-electron chi connectivity index (χ2n) is 6.70. The van der Waals surface area contributed by atoms with Crippen molar-refractivity contribution in [2.45, 2.75) is 45.4 Å². The van der Waals surface area contributed by atoms with Gasteiger partial charge in [0.05, 0.1) is 11.6 Å². The molecular formula is C20H24ClN3O2S. The number of nitrogens with one attached hydrogen (secondary N) is 1. The fourth-order valence-electron chi connectivity index (χ4n) is 3.38. The molecule has 0 fully saturated rings. The third-order valence-corrected chi connectivity index (χ3v) is 5.94. The number of amides is 2. The lowest BCUT2D eigenvalue weighted by Gasteiger charge is -2.24. The zero-order chi connectivity index (χ0) is 19.4. The van der Waals surface area contributed by atoms with E-state index >= 15 is 0 Å². The predicted molar refractivity (Wildman–Crippen MR) is 110 cm³/mol. The maximum atomic E-state index is 13.0. The van der Waals surface area contributed by atoms with Gasteiger partial charge in [0.15, 0.2) is 5.13 Å². The van der Waals surface area contributed by atoms with E-state index in [1.807, 2.05) is 4.90 Å². The van der Waals surface area contributed by atoms with Gasteiger partial charge in [-0.05, 0) is 49.9 Å². The molecule has 5 nitrogen and oxygen atoms in total. The van der Waals surface area contributed by atoms with Crippen molar-refractivity contribution in [3.8, 4) is 0 Å². The summed E-state index contributed by atoms with van der Waals surface area (Å²) in [6.07, 6.45) is 3.55. The Morgan fingerprint density at radius 3 is 2.52 bits per heavy atom. The molecule has 0 aliphatic heterocycles. The molecule has 144 valence electrons. The number of carbonyl (C=O) groups excluding carboxylic acids is 2. The van der Waals surface area contributed by atoms with Crippen molar-refractivity contribution in [1.29, 1.82) is 0 Å². The van der Waals surface area contributed by atoms with Gasteiger partial charge in [0, 0.05) is 28.6 Å². The minimum Gasteiger partial charge on any atom is -0.342 e. The van der Waals surface area contributed by atoms with E-state index in [4.69, 9.17) is 11.6 Å². The molecule has 1 N–H and O–H groups in total. The van der Waals surface area contributed by atoms with Crippen LogP contribution in [0.4, 0.5) is 5.13 Å². The van der Waals surface area contributed by atoms with Gasteiger partial charge < -0.3 is 4.90 Å². The Kier molecular flexibility index (Phi) is 6.50. The van der Waals surface area contributed by atoms with Crippen LogP contribution in [-0.4, -0.2) is 34.8 Å². The molecule has 0 radical (unpaired) electrons. The van der Waals surface area contributed by atoms with Crippen LogP contribution in [0.15, 0.2) is 24.3 Å². The molecule has 7 heteroatoms. The van der Waals surface area contributed by atoms with Crippen LogP contribution in [0.5, 0.6) is 0 Å². The summed E-state index contributed by atoms with van der Waals surface area (Å²) >= 11 is 7.33. The first kappa shape index (κ1) is 19.8. The van der Waals surface area contributed by atoms with Crippen molar-refractivity contribution in [3.05, 3.63) is 45.4 Å². The second-order valence-corrected chi connectivity index (χ2v) is 8.23. The molecule has 3 rings (SSSR count). The number of hydrogen-bond acceptors (Lipinski definition) is 4. The van der Waals surface area contributed by atoms with E-state index in [-0.39, 0.29) is 17.7 Å². The molecule has 1 aliphatic carbocycles. The van der Waals surface area contributed by atoms with Gasteiger partial charge in [0.25, 0.3) is 5.91 Å². The number of aromatic nitrogens is 1. The van der Waals surface area contributed by atoms with Crippen molar-refractivity contribution in [2.24, 2.45) is 0 Å². The molecule has 0 bridgehead atoms. The fourth-order valence-corrected chi connectivity index (χ4v) is 4.54. The lowest BCUT2D eigenvalue weighted by molar-refractivity contribution is -0.133. The number of rotatable bonds is 7. The van der Waals surface area contributed by atoms with E-state index < -0.39 is 0 Å². The highest BCUT2D eigenvalue weighted by Crippen LogP contribution is 2.39. The van der Waals surface area contributed by atoms with Gasteiger partial charge in [-0.15, -0.1) is 11.3 Å². The maximum absolute atomic E-state index is 13.0. The number of anilines is 1. The van der Waals surface area contributed by atoms with E-state index in [1.165, 1.54) is 11.3 Å². The van der Waals surface area contributed by atoms with Crippen molar-refractivity contribution >= 4 is 39.9 Å². The van der Waals surface area contributed by atoms with Crippen LogP contribution < -0.4 is 5.32 Å². The molecule has 2 aromatic rings. The summed E-state index contributed by atoms with van der Waals surface area (Å²) in [6, 6.07) is 6.73. The normalized spacial score (nSPS) is 15.4. The molecule has 1 aromatic carbocycles. The molecule has 2 amide bonds. The summed E-state index contributed by atoms with van der Waals surface area (Å²) < 4.78 is 0. The van der Waals surface area contributed by atoms with Gasteiger partial charge in [-0.2, -0.15) is 0 Å². The Balaban J connectivity index is 1.72. The van der Waals surface area contributed by atoms with Gasteiger partial charge in [0.2, 0.25) is 5.91 Å². The van der Waals surface area contributed by atoms with Crippen LogP contribution >= 0.6 is 22.9 Å². The molecule has 1 aliphatic rings. The van der Waals surface area contributed by atoms with Crippen LogP contribution in [0, 0.1) is 0 Å². The molecule has 1 unspecified atom stereocenters. The lowest BCUT2D eigenvalue weighted by atomic mass is 10.1. The number of carbonyl (C=O) groups is 2. The van der Waals surface area contributed by atoms with E-state index in [0.29, 0.717) is 15.7 Å². The fraction of sp³-hybridized carbons (Fsp3) is 0.450. The third kappa shape index (κ3) is 4.50. The van der Waals surface area contributed by atoms with Gasteiger partial charge in [-0.25, -0.2) is 4.98 Å². The number of nitrogens with zero attached hydrogens (tertiary/aromatic N) is 2. The van der Waals surface area contributed by atoms with Crippen molar-refractivity contribution in [1.82, 2.24) is 9.88 Å². The van der Waals surface area contributed by atoms with Gasteiger partial charge >= 0.3 is 0 Å². The number of aryl methyl sites for hydroxylation is 1. The van der Waals surface area contributed by atoms with Crippen LogP contribution in [0.3, 0.4) is 0 Å². The van der Waals surface area contributed by atoms with Crippen molar-refractivity contribution in [2.75, 3.05) is 18.4 Å². The van der Waals surface area contributed by atoms with Crippen LogP contribution in [0.2, 0.25) is 5.02 Å². The van der Waals surface area contributed by atoms with Crippen LogP contribution in [0.25, 0.3) is 0 Å². The minimum atomic E-state index is -0.222. The predicted octanol–water partition coefficient (Wildman–Crippen LogP) is 4.73. The van der Waals surface area contributed by atoms with E-state index in [9.17, 15) is 9.59 Å². The molecule has 1 heterocycles. The van der Waals surface area contributed by atoms with E-state index in [0.717, 1.165) is 49.3 Å². The highest BCUT2D eigenvalue weighted by atomic mass is 35.5. The van der Waals surface area contributed by atoms with E-state index in [2.05, 4.69) is 24.1 Å². The number of benzene rings is 1. The summed E-state index contributed by atoms with van der Waals surface area (Å²) in [6.45, 7) is 5.73. The average molecular weight is 406 g/mol. The first-order valence-corrected chi connectivity index (χ1v) is 10.6. The first-order valence-electron chi connectivity index (χ1n) is 9.38. The van der Waals surface area contributed by atoms with Gasteiger partial charge in [-0.3, -0.25) is 14.9 Å². The summed E-state index contributed by atoms with van der Waals surface area (Å²) in [7, 11) is 0. The molecule has 0 saturated heterocycles. The number of hydrogen-bond donors (Lipinski definition) is 1. The Labute approximate surface area is 168 Å². The number of thiazole rings is 1. The minimum absolute atomic E-state index is 0.165. The average Bonchev–Trinajstić information content (AvgIpc) is 3.21. The van der Waals surface area contributed by atoms with Gasteiger partial charge in [0.1, 0.15) is 0 Å². The molecule has 0 saturated carbocycles. The van der Waals surface area contributed by atoms with Crippen LogP contribution in [0.1, 0.15) is 60.0 Å². The quantitative estimate of drug-likeness (QED) is 0.724. The smallest absolute Gasteiger partial charge is 0.257 e. The SMILES string of the molecule is CCCN(CCC)C(=O)C1CCc2sc(NC(=O)c3ccc(Cl)cc3)nc21. The molecule has 0 spiro atoms. The topological polar surface area (TPSA) is 62.3 Å². The molecular weight excluding hydrogens is 382 g/mol. The second kappa shape index (κ2) is 8.85. The lowest BCUT2D eigenvalue weighted by Crippen LogP contribution is -2.36. The van der Waals surface area contributed by atoms with Crippen LogP contribution in [-0.2, 0) is 11.2 Å². The Bertz CT molecular complexity index is 813. The van der Waals surface area contributed by atoms with Crippen molar-refractivity contribution in [3.63, 3.8) is 0 Å². The Morgan fingerprint density at radius 2 is 1.89 bits per heavy atom. The maximum Gasteiger partial charge on any atom is 0.257 e. The van der Waals surface area contributed by atoms with Crippen molar-refractivity contribution < 1.29 is 9.59 Å². The zero-order valence-corrected chi connectivity index (χ0v) is 17.2.